The molecule has 0 spiro atoms. The topological polar surface area (TPSA) is 46.2 Å². The van der Waals surface area contributed by atoms with E-state index >= 15 is 0 Å². The number of halogens is 2. The average molecular weight is 250 g/mol. The van der Waals surface area contributed by atoms with Crippen LogP contribution < -0.4 is 4.24 Å². The molecule has 0 aliphatic rings. The summed E-state index contributed by atoms with van der Waals surface area (Å²) in [7, 11) is -3.56. The second-order valence-corrected chi connectivity index (χ2v) is 4.57. The molecule has 0 saturated heterocycles. The molecule has 0 fully saturated rings. The van der Waals surface area contributed by atoms with Crippen molar-refractivity contribution in [3.05, 3.63) is 29.3 Å². The first kappa shape index (κ1) is 13.7. The Hall–Kier alpha value is 0.710. The van der Waals surface area contributed by atoms with Crippen molar-refractivity contribution in [2.45, 2.75) is 4.90 Å². The maximum absolute atomic E-state index is 11.0. The Balaban J connectivity index is 0.00000144. The van der Waals surface area contributed by atoms with Crippen molar-refractivity contribution >= 4 is 63.0 Å². The first-order chi connectivity index (χ1) is 5.56. The van der Waals surface area contributed by atoms with Crippen molar-refractivity contribution in [1.29, 1.82) is 0 Å². The first-order valence-corrected chi connectivity index (χ1v) is 5.18. The molecule has 7 heteroatoms. The molecular formula is C6H6Cl2NNaO2S. The van der Waals surface area contributed by atoms with E-state index in [1.165, 1.54) is 24.3 Å². The second-order valence-electron chi connectivity index (χ2n) is 2.03. The Kier molecular flexibility index (Phi) is 5.86. The minimum absolute atomic E-state index is 0. The second kappa shape index (κ2) is 5.56. The molecule has 0 aromatic heterocycles. The van der Waals surface area contributed by atoms with Gasteiger partial charge in [0.25, 0.3) is 10.0 Å². The van der Waals surface area contributed by atoms with Gasteiger partial charge >= 0.3 is 29.6 Å². The van der Waals surface area contributed by atoms with E-state index in [9.17, 15) is 8.42 Å². The van der Waals surface area contributed by atoms with Crippen molar-refractivity contribution in [3.8, 4) is 0 Å². The molecule has 68 valence electrons. The summed E-state index contributed by atoms with van der Waals surface area (Å²) in [4.78, 5) is 0.0851. The van der Waals surface area contributed by atoms with Crippen LogP contribution in [0.4, 0.5) is 0 Å². The summed E-state index contributed by atoms with van der Waals surface area (Å²) >= 11 is 10.6. The van der Waals surface area contributed by atoms with Gasteiger partial charge in [-0.3, -0.25) is 0 Å². The Morgan fingerprint density at radius 1 is 1.15 bits per heavy atom. The zero-order valence-electron chi connectivity index (χ0n) is 5.79. The van der Waals surface area contributed by atoms with Gasteiger partial charge in [0.1, 0.15) is 0 Å². The Morgan fingerprint density at radius 3 is 2.00 bits per heavy atom. The summed E-state index contributed by atoms with van der Waals surface area (Å²) in [6, 6.07) is 5.69. The van der Waals surface area contributed by atoms with Gasteiger partial charge in [0.05, 0.1) is 4.90 Å². The van der Waals surface area contributed by atoms with Crippen LogP contribution in [0.5, 0.6) is 0 Å². The van der Waals surface area contributed by atoms with Crippen LogP contribution in [-0.2, 0) is 10.0 Å². The van der Waals surface area contributed by atoms with Crippen molar-refractivity contribution in [2.75, 3.05) is 0 Å². The molecule has 0 bridgehead atoms. The molecule has 0 heterocycles. The SMILES string of the molecule is O=S(=O)(NCl)c1ccc(Cl)cc1.[NaH]. The van der Waals surface area contributed by atoms with Gasteiger partial charge in [-0.05, 0) is 36.0 Å². The zero-order chi connectivity index (χ0) is 9.19. The molecule has 0 aliphatic carbocycles. The Morgan fingerprint density at radius 2 is 1.62 bits per heavy atom. The standard InChI is InChI=1S/C6H5Cl2NO2S.Na.H/c7-5-1-3-6(4-2-5)12(10,11)9-8;;/h1-4,9H;;. The van der Waals surface area contributed by atoms with Gasteiger partial charge in [-0.25, -0.2) is 8.42 Å². The van der Waals surface area contributed by atoms with Crippen LogP contribution in [0, 0.1) is 0 Å². The van der Waals surface area contributed by atoms with Crippen LogP contribution in [-0.4, -0.2) is 38.0 Å². The van der Waals surface area contributed by atoms with E-state index in [1.807, 2.05) is 0 Å². The molecule has 1 aromatic rings. The van der Waals surface area contributed by atoms with Crippen LogP contribution in [0.25, 0.3) is 0 Å². The van der Waals surface area contributed by atoms with Crippen molar-refractivity contribution < 1.29 is 8.42 Å². The average Bonchev–Trinajstić information content (AvgIpc) is 2.05. The van der Waals surface area contributed by atoms with Crippen molar-refractivity contribution in [3.63, 3.8) is 0 Å². The Bertz CT molecular complexity index is 365. The predicted octanol–water partition coefficient (Wildman–Crippen LogP) is 1.12. The Labute approximate surface area is 109 Å². The molecule has 0 unspecified atom stereocenters. The molecule has 0 atom stereocenters. The van der Waals surface area contributed by atoms with Crippen molar-refractivity contribution in [2.24, 2.45) is 0 Å². The normalized spacial score (nSPS) is 10.6. The number of hydrogen-bond acceptors (Lipinski definition) is 2. The van der Waals surface area contributed by atoms with E-state index in [2.05, 4.69) is 0 Å². The third kappa shape index (κ3) is 3.75. The van der Waals surface area contributed by atoms with Crippen LogP contribution >= 0.6 is 23.4 Å². The quantitative estimate of drug-likeness (QED) is 0.631. The molecule has 1 aromatic carbocycles. The summed E-state index contributed by atoms with van der Waals surface area (Å²) in [5.41, 5.74) is 0. The number of benzene rings is 1. The number of rotatable bonds is 2. The summed E-state index contributed by atoms with van der Waals surface area (Å²) in [6.07, 6.45) is 0. The van der Waals surface area contributed by atoms with E-state index in [-0.39, 0.29) is 34.5 Å². The van der Waals surface area contributed by atoms with Gasteiger partial charge < -0.3 is 0 Å². The molecule has 3 nitrogen and oxygen atoms in total. The van der Waals surface area contributed by atoms with Crippen LogP contribution in [0.3, 0.4) is 0 Å². The summed E-state index contributed by atoms with van der Waals surface area (Å²) < 4.78 is 23.7. The molecule has 1 N–H and O–H groups in total. The van der Waals surface area contributed by atoms with Crippen LogP contribution in [0.2, 0.25) is 5.02 Å². The third-order valence-corrected chi connectivity index (χ3v) is 3.18. The van der Waals surface area contributed by atoms with Gasteiger partial charge in [0.2, 0.25) is 0 Å². The number of nitrogens with one attached hydrogen (secondary N) is 1. The fraction of sp³-hybridized carbons (Fsp3) is 0. The molecule has 0 radical (unpaired) electrons. The van der Waals surface area contributed by atoms with Crippen LogP contribution in [0.15, 0.2) is 29.2 Å². The molecule has 0 amide bonds. The molecular weight excluding hydrogens is 244 g/mol. The van der Waals surface area contributed by atoms with E-state index in [0.717, 1.165) is 0 Å². The van der Waals surface area contributed by atoms with E-state index < -0.39 is 10.0 Å². The number of hydrogen-bond donors (Lipinski definition) is 1. The summed E-state index contributed by atoms with van der Waals surface area (Å²) in [5, 5.41) is 0.475. The molecule has 0 aliphatic heterocycles. The summed E-state index contributed by atoms with van der Waals surface area (Å²) in [6.45, 7) is 0. The van der Waals surface area contributed by atoms with Crippen LogP contribution in [0.1, 0.15) is 0 Å². The molecule has 13 heavy (non-hydrogen) atoms. The van der Waals surface area contributed by atoms with E-state index in [1.54, 1.807) is 4.24 Å². The van der Waals surface area contributed by atoms with Gasteiger partial charge in [-0.1, -0.05) is 11.6 Å². The first-order valence-electron chi connectivity index (χ1n) is 2.94. The van der Waals surface area contributed by atoms with Gasteiger partial charge in [-0.15, -0.1) is 4.24 Å². The zero-order valence-corrected chi connectivity index (χ0v) is 8.12. The van der Waals surface area contributed by atoms with Gasteiger partial charge in [0.15, 0.2) is 0 Å². The van der Waals surface area contributed by atoms with E-state index in [4.69, 9.17) is 23.4 Å². The van der Waals surface area contributed by atoms with E-state index in [0.29, 0.717) is 5.02 Å². The fourth-order valence-corrected chi connectivity index (χ4v) is 1.64. The third-order valence-electron chi connectivity index (χ3n) is 1.23. The van der Waals surface area contributed by atoms with Gasteiger partial charge in [0, 0.05) is 5.02 Å². The predicted molar refractivity (Wildman–Crippen MR) is 54.8 cm³/mol. The summed E-state index contributed by atoms with van der Waals surface area (Å²) in [5.74, 6) is 0. The molecule has 1 rings (SSSR count). The maximum atomic E-state index is 11.0. The molecule has 0 saturated carbocycles. The van der Waals surface area contributed by atoms with Gasteiger partial charge in [-0.2, -0.15) is 0 Å². The van der Waals surface area contributed by atoms with Crippen molar-refractivity contribution in [1.82, 2.24) is 4.24 Å². The fourth-order valence-electron chi connectivity index (χ4n) is 0.658. The number of sulfonamides is 1. The monoisotopic (exact) mass is 249 g/mol. The minimum atomic E-state index is -3.56.